The number of aromatic nitrogens is 3. The molecular formula is C22H21ClN4O3S. The van der Waals surface area contributed by atoms with Crippen LogP contribution >= 0.6 is 23.4 Å². The van der Waals surface area contributed by atoms with Crippen molar-refractivity contribution in [2.45, 2.75) is 30.8 Å². The molecular weight excluding hydrogens is 436 g/mol. The lowest BCUT2D eigenvalue weighted by Crippen LogP contribution is -2.27. The highest BCUT2D eigenvalue weighted by Crippen LogP contribution is 2.39. The molecule has 31 heavy (non-hydrogen) atoms. The number of halogens is 1. The van der Waals surface area contributed by atoms with E-state index in [-0.39, 0.29) is 11.5 Å². The standard InChI is InChI=1S/C22H21ClN4O3S/c1-12-19(13(2)28)20(14-8-9-17(29)18(10-14)30-3)27-21(24-12)25-22(26-27)31-11-15-6-4-5-7-16(15)23/h4-10,20,29H,11H2,1-3H3,(H,24,25,26). The number of benzene rings is 2. The number of anilines is 1. The van der Waals surface area contributed by atoms with Crippen LogP contribution in [-0.4, -0.2) is 32.8 Å². The third kappa shape index (κ3) is 4.13. The molecule has 7 nitrogen and oxygen atoms in total. The monoisotopic (exact) mass is 456 g/mol. The molecule has 1 unspecified atom stereocenters. The summed E-state index contributed by atoms with van der Waals surface area (Å²) in [7, 11) is 1.48. The smallest absolute Gasteiger partial charge is 0.227 e. The van der Waals surface area contributed by atoms with Crippen LogP contribution in [0.3, 0.4) is 0 Å². The number of thioether (sulfide) groups is 1. The van der Waals surface area contributed by atoms with Crippen molar-refractivity contribution < 1.29 is 14.6 Å². The first kappa shape index (κ1) is 21.3. The van der Waals surface area contributed by atoms with Gasteiger partial charge in [0.15, 0.2) is 17.3 Å². The van der Waals surface area contributed by atoms with Crippen molar-refractivity contribution in [3.8, 4) is 11.5 Å². The number of Topliss-reactive ketones (excluding diaryl/α,β-unsaturated/α-hetero) is 1. The van der Waals surface area contributed by atoms with Crippen LogP contribution in [0.15, 0.2) is 58.9 Å². The topological polar surface area (TPSA) is 89.3 Å². The van der Waals surface area contributed by atoms with Crippen LogP contribution in [-0.2, 0) is 10.5 Å². The van der Waals surface area contributed by atoms with Gasteiger partial charge in [-0.15, -0.1) is 5.10 Å². The van der Waals surface area contributed by atoms with Gasteiger partial charge in [-0.2, -0.15) is 4.98 Å². The van der Waals surface area contributed by atoms with E-state index in [4.69, 9.17) is 16.3 Å². The van der Waals surface area contributed by atoms with E-state index in [2.05, 4.69) is 15.4 Å². The Morgan fingerprint density at radius 3 is 2.81 bits per heavy atom. The Hall–Kier alpha value is -2.97. The Morgan fingerprint density at radius 1 is 1.32 bits per heavy atom. The Labute approximate surface area is 189 Å². The number of phenols is 1. The summed E-state index contributed by atoms with van der Waals surface area (Å²) in [5, 5.41) is 19.1. The number of fused-ring (bicyclic) bond motifs is 1. The summed E-state index contributed by atoms with van der Waals surface area (Å²) in [6.45, 7) is 3.37. The van der Waals surface area contributed by atoms with E-state index in [0.29, 0.717) is 38.9 Å². The molecule has 4 rings (SSSR count). The number of ether oxygens (including phenoxy) is 1. The van der Waals surface area contributed by atoms with Crippen molar-refractivity contribution in [2.75, 3.05) is 12.4 Å². The summed E-state index contributed by atoms with van der Waals surface area (Å²) >= 11 is 7.72. The van der Waals surface area contributed by atoms with Gasteiger partial charge < -0.3 is 15.2 Å². The molecule has 1 aliphatic heterocycles. The molecule has 0 fully saturated rings. The van der Waals surface area contributed by atoms with Crippen LogP contribution in [0, 0.1) is 0 Å². The Bertz CT molecular complexity index is 1190. The van der Waals surface area contributed by atoms with Gasteiger partial charge in [-0.3, -0.25) is 4.79 Å². The lowest BCUT2D eigenvalue weighted by Gasteiger charge is -2.28. The maximum absolute atomic E-state index is 12.5. The van der Waals surface area contributed by atoms with Crippen molar-refractivity contribution in [3.63, 3.8) is 0 Å². The maximum Gasteiger partial charge on any atom is 0.227 e. The van der Waals surface area contributed by atoms with E-state index in [1.807, 2.05) is 31.2 Å². The van der Waals surface area contributed by atoms with Crippen LogP contribution in [0.4, 0.5) is 5.95 Å². The largest absolute Gasteiger partial charge is 0.504 e. The number of phenolic OH excluding ortho intramolecular Hbond substituents is 1. The number of rotatable bonds is 6. The molecule has 0 spiro atoms. The number of methoxy groups -OCH3 is 1. The molecule has 1 atom stereocenters. The normalized spacial score (nSPS) is 15.4. The number of allylic oxidation sites excluding steroid dienone is 2. The van der Waals surface area contributed by atoms with E-state index >= 15 is 0 Å². The van der Waals surface area contributed by atoms with Crippen molar-refractivity contribution in [3.05, 3.63) is 69.9 Å². The van der Waals surface area contributed by atoms with Gasteiger partial charge in [-0.05, 0) is 43.2 Å². The van der Waals surface area contributed by atoms with Gasteiger partial charge in [-0.25, -0.2) is 4.68 Å². The van der Waals surface area contributed by atoms with E-state index in [1.165, 1.54) is 25.8 Å². The summed E-state index contributed by atoms with van der Waals surface area (Å²) < 4.78 is 6.96. The summed E-state index contributed by atoms with van der Waals surface area (Å²) in [5.74, 6) is 1.44. The number of nitrogens with one attached hydrogen (secondary N) is 1. The van der Waals surface area contributed by atoms with Crippen molar-refractivity contribution in [2.24, 2.45) is 0 Å². The van der Waals surface area contributed by atoms with E-state index < -0.39 is 6.04 Å². The second-order valence-electron chi connectivity index (χ2n) is 7.10. The highest BCUT2D eigenvalue weighted by molar-refractivity contribution is 7.98. The zero-order chi connectivity index (χ0) is 22.1. The molecule has 1 aromatic heterocycles. The first-order valence-corrected chi connectivity index (χ1v) is 10.9. The molecule has 0 bridgehead atoms. The minimum Gasteiger partial charge on any atom is -0.504 e. The van der Waals surface area contributed by atoms with Crippen LogP contribution < -0.4 is 10.1 Å². The van der Waals surface area contributed by atoms with Gasteiger partial charge in [0.2, 0.25) is 11.1 Å². The fourth-order valence-electron chi connectivity index (χ4n) is 3.58. The fraction of sp³-hybridized carbons (Fsp3) is 0.227. The molecule has 1 aliphatic rings. The minimum absolute atomic E-state index is 0.0278. The summed E-state index contributed by atoms with van der Waals surface area (Å²) in [6, 6.07) is 12.2. The molecule has 9 heteroatoms. The third-order valence-electron chi connectivity index (χ3n) is 5.05. The number of hydrogen-bond donors (Lipinski definition) is 2. The zero-order valence-corrected chi connectivity index (χ0v) is 18.8. The second kappa shape index (κ2) is 8.64. The van der Waals surface area contributed by atoms with E-state index in [0.717, 1.165) is 11.1 Å². The van der Waals surface area contributed by atoms with Gasteiger partial charge in [0.1, 0.15) is 6.04 Å². The van der Waals surface area contributed by atoms with Crippen LogP contribution in [0.1, 0.15) is 31.0 Å². The predicted molar refractivity (Wildman–Crippen MR) is 121 cm³/mol. The van der Waals surface area contributed by atoms with Gasteiger partial charge in [-0.1, -0.05) is 47.6 Å². The molecule has 0 amide bonds. The van der Waals surface area contributed by atoms with Crippen LogP contribution in [0.5, 0.6) is 11.5 Å². The minimum atomic E-state index is -0.495. The van der Waals surface area contributed by atoms with Crippen molar-refractivity contribution >= 4 is 35.1 Å². The molecule has 2 aromatic carbocycles. The Balaban J connectivity index is 1.72. The number of carbonyl (C=O) groups excluding carboxylic acids is 1. The first-order chi connectivity index (χ1) is 14.9. The third-order valence-corrected chi connectivity index (χ3v) is 6.30. The zero-order valence-electron chi connectivity index (χ0n) is 17.2. The second-order valence-corrected chi connectivity index (χ2v) is 8.45. The van der Waals surface area contributed by atoms with Gasteiger partial charge >= 0.3 is 0 Å². The van der Waals surface area contributed by atoms with E-state index in [9.17, 15) is 9.90 Å². The number of hydrogen-bond acceptors (Lipinski definition) is 7. The molecule has 0 saturated carbocycles. The highest BCUT2D eigenvalue weighted by Gasteiger charge is 2.33. The average molecular weight is 457 g/mol. The molecule has 0 radical (unpaired) electrons. The molecule has 2 N–H and O–H groups in total. The SMILES string of the molecule is COc1cc(C2C(C(C)=O)=C(C)Nc3nc(SCc4ccccc4Cl)nn32)ccc1O. The number of ketones is 1. The maximum atomic E-state index is 12.5. The first-order valence-electron chi connectivity index (χ1n) is 9.57. The number of nitrogens with zero attached hydrogens (tertiary/aromatic N) is 3. The van der Waals surface area contributed by atoms with Gasteiger partial charge in [0, 0.05) is 22.0 Å². The average Bonchev–Trinajstić information content (AvgIpc) is 3.14. The number of carbonyl (C=O) groups is 1. The van der Waals surface area contributed by atoms with Gasteiger partial charge in [0.25, 0.3) is 0 Å². The Morgan fingerprint density at radius 2 is 2.10 bits per heavy atom. The quantitative estimate of drug-likeness (QED) is 0.514. The van der Waals surface area contributed by atoms with Crippen LogP contribution in [0.25, 0.3) is 0 Å². The van der Waals surface area contributed by atoms with Gasteiger partial charge in [0.05, 0.1) is 7.11 Å². The lowest BCUT2D eigenvalue weighted by molar-refractivity contribution is -0.114. The number of aromatic hydroxyl groups is 1. The summed E-state index contributed by atoms with van der Waals surface area (Å²) in [6.07, 6.45) is 0. The van der Waals surface area contributed by atoms with Crippen molar-refractivity contribution in [1.29, 1.82) is 0 Å². The summed E-state index contributed by atoms with van der Waals surface area (Å²) in [4.78, 5) is 17.1. The van der Waals surface area contributed by atoms with Crippen LogP contribution in [0.2, 0.25) is 5.02 Å². The molecule has 3 aromatic rings. The molecule has 2 heterocycles. The fourth-order valence-corrected chi connectivity index (χ4v) is 4.69. The predicted octanol–water partition coefficient (Wildman–Crippen LogP) is 4.82. The molecule has 160 valence electrons. The van der Waals surface area contributed by atoms with E-state index in [1.54, 1.807) is 22.9 Å². The summed E-state index contributed by atoms with van der Waals surface area (Å²) in [5.41, 5.74) is 3.04. The Kier molecular flexibility index (Phi) is 5.93. The molecule has 0 saturated heterocycles. The molecule has 0 aliphatic carbocycles. The highest BCUT2D eigenvalue weighted by atomic mass is 35.5. The van der Waals surface area contributed by atoms with Crippen molar-refractivity contribution in [1.82, 2.24) is 14.8 Å². The lowest BCUT2D eigenvalue weighted by atomic mass is 9.93.